The van der Waals surface area contributed by atoms with Crippen LogP contribution in [0.25, 0.3) is 0 Å². The number of nitrogens with one attached hydrogen (secondary N) is 1. The molecular formula is C14H22N2O2. The lowest BCUT2D eigenvalue weighted by Crippen LogP contribution is -2.32. The fourth-order valence-electron chi connectivity index (χ4n) is 2.43. The summed E-state index contributed by atoms with van der Waals surface area (Å²) < 4.78 is 10.5. The molecule has 0 aromatic heterocycles. The van der Waals surface area contributed by atoms with Crippen molar-refractivity contribution in [2.75, 3.05) is 19.5 Å². The molecule has 18 heavy (non-hydrogen) atoms. The monoisotopic (exact) mass is 250 g/mol. The van der Waals surface area contributed by atoms with E-state index < -0.39 is 0 Å². The van der Waals surface area contributed by atoms with Gasteiger partial charge < -0.3 is 20.5 Å². The Morgan fingerprint density at radius 2 is 1.72 bits per heavy atom. The SMILES string of the molecule is COc1ccc(NC2CCC(N)CC2)cc1OC. The van der Waals surface area contributed by atoms with Crippen molar-refractivity contribution >= 4 is 5.69 Å². The van der Waals surface area contributed by atoms with Crippen molar-refractivity contribution in [2.24, 2.45) is 5.73 Å². The largest absolute Gasteiger partial charge is 0.493 e. The summed E-state index contributed by atoms with van der Waals surface area (Å²) in [6, 6.07) is 6.83. The second kappa shape index (κ2) is 5.96. The van der Waals surface area contributed by atoms with E-state index >= 15 is 0 Å². The molecule has 0 spiro atoms. The Balaban J connectivity index is 2.01. The van der Waals surface area contributed by atoms with E-state index in [1.807, 2.05) is 18.2 Å². The highest BCUT2D eigenvalue weighted by molar-refractivity contribution is 5.55. The predicted molar refractivity (Wildman–Crippen MR) is 73.4 cm³/mol. The van der Waals surface area contributed by atoms with E-state index in [2.05, 4.69) is 5.32 Å². The Labute approximate surface area is 108 Å². The number of anilines is 1. The Morgan fingerprint density at radius 1 is 1.06 bits per heavy atom. The molecule has 0 heterocycles. The van der Waals surface area contributed by atoms with E-state index in [9.17, 15) is 0 Å². The standard InChI is InChI=1S/C14H22N2O2/c1-17-13-8-7-12(9-14(13)18-2)16-11-5-3-10(15)4-6-11/h7-11,16H,3-6,15H2,1-2H3. The van der Waals surface area contributed by atoms with Crippen LogP contribution in [0.1, 0.15) is 25.7 Å². The molecule has 1 aliphatic rings. The zero-order chi connectivity index (χ0) is 13.0. The Morgan fingerprint density at radius 3 is 2.33 bits per heavy atom. The molecule has 2 rings (SSSR count). The third kappa shape index (κ3) is 3.07. The lowest BCUT2D eigenvalue weighted by molar-refractivity contribution is 0.355. The smallest absolute Gasteiger partial charge is 0.162 e. The number of nitrogens with two attached hydrogens (primary N) is 1. The van der Waals surface area contributed by atoms with E-state index in [0.29, 0.717) is 12.1 Å². The first kappa shape index (κ1) is 13.0. The minimum atomic E-state index is 0.383. The van der Waals surface area contributed by atoms with Crippen molar-refractivity contribution in [2.45, 2.75) is 37.8 Å². The maximum Gasteiger partial charge on any atom is 0.162 e. The van der Waals surface area contributed by atoms with Gasteiger partial charge in [0.15, 0.2) is 11.5 Å². The summed E-state index contributed by atoms with van der Waals surface area (Å²) in [5.41, 5.74) is 6.99. The van der Waals surface area contributed by atoms with E-state index in [4.69, 9.17) is 15.2 Å². The summed E-state index contributed by atoms with van der Waals surface area (Å²) in [4.78, 5) is 0. The minimum absolute atomic E-state index is 0.383. The second-order valence-electron chi connectivity index (χ2n) is 4.83. The molecule has 1 aromatic carbocycles. The highest BCUT2D eigenvalue weighted by Gasteiger charge is 2.18. The highest BCUT2D eigenvalue weighted by atomic mass is 16.5. The van der Waals surface area contributed by atoms with Crippen LogP contribution >= 0.6 is 0 Å². The van der Waals surface area contributed by atoms with Crippen molar-refractivity contribution in [1.82, 2.24) is 0 Å². The van der Waals surface area contributed by atoms with Gasteiger partial charge in [0.2, 0.25) is 0 Å². The van der Waals surface area contributed by atoms with Gasteiger partial charge in [-0.1, -0.05) is 0 Å². The molecule has 0 aliphatic heterocycles. The van der Waals surface area contributed by atoms with Crippen molar-refractivity contribution in [1.29, 1.82) is 0 Å². The second-order valence-corrected chi connectivity index (χ2v) is 4.83. The maximum absolute atomic E-state index is 5.91. The fraction of sp³-hybridized carbons (Fsp3) is 0.571. The minimum Gasteiger partial charge on any atom is -0.493 e. The van der Waals surface area contributed by atoms with Gasteiger partial charge in [-0.05, 0) is 37.8 Å². The van der Waals surface area contributed by atoms with Crippen molar-refractivity contribution in [3.8, 4) is 11.5 Å². The van der Waals surface area contributed by atoms with E-state index in [0.717, 1.165) is 42.9 Å². The Bertz CT molecular complexity index is 387. The molecule has 4 heteroatoms. The van der Waals surface area contributed by atoms with Crippen molar-refractivity contribution in [3.63, 3.8) is 0 Å². The molecular weight excluding hydrogens is 228 g/mol. The topological polar surface area (TPSA) is 56.5 Å². The van der Waals surface area contributed by atoms with Gasteiger partial charge in [-0.15, -0.1) is 0 Å². The van der Waals surface area contributed by atoms with Crippen molar-refractivity contribution < 1.29 is 9.47 Å². The average Bonchev–Trinajstić information content (AvgIpc) is 2.41. The molecule has 0 atom stereocenters. The molecule has 0 radical (unpaired) electrons. The summed E-state index contributed by atoms with van der Waals surface area (Å²) >= 11 is 0. The summed E-state index contributed by atoms with van der Waals surface area (Å²) in [6.45, 7) is 0. The van der Waals surface area contributed by atoms with Crippen LogP contribution in [-0.2, 0) is 0 Å². The van der Waals surface area contributed by atoms with Gasteiger partial charge >= 0.3 is 0 Å². The molecule has 0 unspecified atom stereocenters. The number of hydrogen-bond donors (Lipinski definition) is 2. The van der Waals surface area contributed by atoms with Crippen LogP contribution in [0.5, 0.6) is 11.5 Å². The van der Waals surface area contributed by atoms with Gasteiger partial charge in [0, 0.05) is 23.8 Å². The predicted octanol–water partition coefficient (Wildman–Crippen LogP) is 2.39. The normalized spacial score (nSPS) is 23.5. The lowest BCUT2D eigenvalue weighted by Gasteiger charge is -2.27. The van der Waals surface area contributed by atoms with Gasteiger partial charge in [-0.2, -0.15) is 0 Å². The van der Waals surface area contributed by atoms with Gasteiger partial charge in [0.1, 0.15) is 0 Å². The Kier molecular flexibility index (Phi) is 4.31. The zero-order valence-corrected chi connectivity index (χ0v) is 11.1. The maximum atomic E-state index is 5.91. The first-order valence-electron chi connectivity index (χ1n) is 6.47. The molecule has 3 N–H and O–H groups in total. The van der Waals surface area contributed by atoms with Gasteiger partial charge in [0.05, 0.1) is 14.2 Å². The number of rotatable bonds is 4. The molecule has 1 aromatic rings. The van der Waals surface area contributed by atoms with E-state index in [1.54, 1.807) is 14.2 Å². The number of ether oxygens (including phenoxy) is 2. The summed E-state index contributed by atoms with van der Waals surface area (Å²) in [6.07, 6.45) is 4.47. The molecule has 4 nitrogen and oxygen atoms in total. The van der Waals surface area contributed by atoms with Crippen LogP contribution in [0.2, 0.25) is 0 Å². The van der Waals surface area contributed by atoms with Crippen LogP contribution in [0.3, 0.4) is 0 Å². The lowest BCUT2D eigenvalue weighted by atomic mass is 9.91. The van der Waals surface area contributed by atoms with Gasteiger partial charge in [0.25, 0.3) is 0 Å². The third-order valence-corrected chi connectivity index (χ3v) is 3.53. The third-order valence-electron chi connectivity index (χ3n) is 3.53. The zero-order valence-electron chi connectivity index (χ0n) is 11.1. The first-order valence-corrected chi connectivity index (χ1v) is 6.47. The summed E-state index contributed by atoms with van der Waals surface area (Å²) in [7, 11) is 3.30. The molecule has 0 bridgehead atoms. The molecule has 1 saturated carbocycles. The van der Waals surface area contributed by atoms with E-state index in [1.165, 1.54) is 0 Å². The fourth-order valence-corrected chi connectivity index (χ4v) is 2.43. The molecule has 1 aliphatic carbocycles. The highest BCUT2D eigenvalue weighted by Crippen LogP contribution is 2.31. The van der Waals surface area contributed by atoms with Crippen LogP contribution in [-0.4, -0.2) is 26.3 Å². The summed E-state index contributed by atoms with van der Waals surface area (Å²) in [5.74, 6) is 1.52. The van der Waals surface area contributed by atoms with Crippen LogP contribution in [0.4, 0.5) is 5.69 Å². The number of benzene rings is 1. The number of hydrogen-bond acceptors (Lipinski definition) is 4. The molecule has 100 valence electrons. The summed E-state index contributed by atoms with van der Waals surface area (Å²) in [5, 5.41) is 3.54. The van der Waals surface area contributed by atoms with Crippen LogP contribution in [0, 0.1) is 0 Å². The molecule has 0 saturated heterocycles. The molecule has 0 amide bonds. The average molecular weight is 250 g/mol. The van der Waals surface area contributed by atoms with E-state index in [-0.39, 0.29) is 0 Å². The van der Waals surface area contributed by atoms with Gasteiger partial charge in [-0.3, -0.25) is 0 Å². The van der Waals surface area contributed by atoms with Crippen LogP contribution in [0.15, 0.2) is 18.2 Å². The van der Waals surface area contributed by atoms with Gasteiger partial charge in [-0.25, -0.2) is 0 Å². The Hall–Kier alpha value is -1.42. The van der Waals surface area contributed by atoms with Crippen LogP contribution < -0.4 is 20.5 Å². The number of methoxy groups -OCH3 is 2. The van der Waals surface area contributed by atoms with Crippen molar-refractivity contribution in [3.05, 3.63) is 18.2 Å². The first-order chi connectivity index (χ1) is 8.72. The molecule has 1 fully saturated rings. The quantitative estimate of drug-likeness (QED) is 0.861.